The van der Waals surface area contributed by atoms with E-state index in [4.69, 9.17) is 9.39 Å². The summed E-state index contributed by atoms with van der Waals surface area (Å²) < 4.78 is 12.4. The maximum Gasteiger partial charge on any atom is 0.455 e. The highest BCUT2D eigenvalue weighted by Crippen LogP contribution is 2.51. The Morgan fingerprint density at radius 2 is 1.76 bits per heavy atom. The quantitative estimate of drug-likeness (QED) is 0.0598. The smallest absolute Gasteiger partial charge is 0.455 e. The number of anilines is 1. The van der Waals surface area contributed by atoms with Crippen LogP contribution >= 0.6 is 0 Å². The first-order chi connectivity index (χ1) is 24.2. The number of hydrogen-bond acceptors (Lipinski definition) is 8. The van der Waals surface area contributed by atoms with Crippen molar-refractivity contribution in [2.75, 3.05) is 11.5 Å². The molecule has 4 atom stereocenters. The number of fused-ring (bicyclic) bond motifs is 4. The number of ether oxygens (including phenoxy) is 1. The van der Waals surface area contributed by atoms with Crippen molar-refractivity contribution in [3.8, 4) is 11.5 Å². The van der Waals surface area contributed by atoms with E-state index in [-0.39, 0.29) is 36.5 Å². The highest BCUT2D eigenvalue weighted by atomic mass is 16.6. The summed E-state index contributed by atoms with van der Waals surface area (Å²) in [5.74, 6) is -1.88. The molecule has 0 aromatic heterocycles. The van der Waals surface area contributed by atoms with E-state index in [2.05, 4.69) is 13.0 Å². The average Bonchev–Trinajstić information content (AvgIpc) is 3.38. The SMILES string of the molecule is CC/C(=C\c1ccc(O)c2ccccc12)CC[C@H]1OB(O)C[C@H]2C1=C(COc1ccccc1)C[C@H]1C(=O)N(c3cccc([N+](=O)[O-])c3)C(=O)[C@H]12. The predicted molar refractivity (Wildman–Crippen MR) is 190 cm³/mol. The van der Waals surface area contributed by atoms with Gasteiger partial charge in [0, 0.05) is 17.5 Å². The van der Waals surface area contributed by atoms with Gasteiger partial charge in [0.05, 0.1) is 28.6 Å². The normalized spacial score (nSPS) is 22.2. The second-order valence-electron chi connectivity index (χ2n) is 13.1. The summed E-state index contributed by atoms with van der Waals surface area (Å²) >= 11 is 0. The number of aromatic hydroxyl groups is 1. The van der Waals surface area contributed by atoms with Gasteiger partial charge in [-0.05, 0) is 84.3 Å². The Morgan fingerprint density at radius 3 is 2.52 bits per heavy atom. The fraction of sp³-hybridized carbons (Fsp3) is 0.282. The third kappa shape index (κ3) is 6.30. The molecule has 0 radical (unpaired) electrons. The van der Waals surface area contributed by atoms with Gasteiger partial charge >= 0.3 is 7.12 Å². The van der Waals surface area contributed by atoms with Crippen molar-refractivity contribution in [1.82, 2.24) is 0 Å². The van der Waals surface area contributed by atoms with Crippen LogP contribution < -0.4 is 9.64 Å². The molecule has 50 heavy (non-hydrogen) atoms. The molecule has 2 aliphatic heterocycles. The Labute approximate surface area is 289 Å². The Balaban J connectivity index is 1.22. The second-order valence-corrected chi connectivity index (χ2v) is 13.1. The van der Waals surface area contributed by atoms with Crippen LogP contribution in [-0.2, 0) is 14.2 Å². The minimum atomic E-state index is -1.14. The number of carbonyl (C=O) groups excluding carboxylic acids is 2. The molecule has 0 bridgehead atoms. The van der Waals surface area contributed by atoms with Crippen molar-refractivity contribution < 1.29 is 34.0 Å². The topological polar surface area (TPSA) is 139 Å². The molecule has 2 amide bonds. The van der Waals surface area contributed by atoms with Gasteiger partial charge in [0.2, 0.25) is 11.8 Å². The number of nitro benzene ring substituents is 1. The van der Waals surface area contributed by atoms with E-state index < -0.39 is 47.7 Å². The third-order valence-corrected chi connectivity index (χ3v) is 10.2. The van der Waals surface area contributed by atoms with E-state index in [1.54, 1.807) is 6.07 Å². The molecule has 2 saturated heterocycles. The van der Waals surface area contributed by atoms with Crippen LogP contribution in [0.5, 0.6) is 11.5 Å². The Bertz CT molecular complexity index is 2030. The van der Waals surface area contributed by atoms with Crippen LogP contribution in [-0.4, -0.2) is 46.7 Å². The lowest BCUT2D eigenvalue weighted by Crippen LogP contribution is -2.46. The molecule has 0 unspecified atom stereocenters. The highest BCUT2D eigenvalue weighted by molar-refractivity contribution is 6.43. The molecule has 0 spiro atoms. The Morgan fingerprint density at radius 1 is 1.00 bits per heavy atom. The second kappa shape index (κ2) is 13.9. The lowest BCUT2D eigenvalue weighted by atomic mass is 9.58. The lowest BCUT2D eigenvalue weighted by Gasteiger charge is -2.43. The molecule has 1 aliphatic carbocycles. The third-order valence-electron chi connectivity index (χ3n) is 10.2. The minimum Gasteiger partial charge on any atom is -0.507 e. The van der Waals surface area contributed by atoms with E-state index in [1.165, 1.54) is 24.3 Å². The molecule has 3 aliphatic rings. The molecule has 4 aromatic rings. The summed E-state index contributed by atoms with van der Waals surface area (Å²) in [6.07, 6.45) is 3.96. The number of nitro groups is 1. The molecule has 2 N–H and O–H groups in total. The number of benzene rings is 4. The fourth-order valence-corrected chi connectivity index (χ4v) is 7.90. The van der Waals surface area contributed by atoms with E-state index in [0.29, 0.717) is 18.6 Å². The molecule has 10 nitrogen and oxygen atoms in total. The van der Waals surface area contributed by atoms with Gasteiger partial charge < -0.3 is 19.5 Å². The minimum absolute atomic E-state index is 0.138. The van der Waals surface area contributed by atoms with Gasteiger partial charge in [-0.25, -0.2) is 4.90 Å². The van der Waals surface area contributed by atoms with Crippen LogP contribution in [0, 0.1) is 27.9 Å². The zero-order chi connectivity index (χ0) is 34.9. The van der Waals surface area contributed by atoms with Crippen LogP contribution in [0.25, 0.3) is 16.8 Å². The van der Waals surface area contributed by atoms with E-state index in [0.717, 1.165) is 44.4 Å². The molecule has 2 heterocycles. The van der Waals surface area contributed by atoms with Gasteiger partial charge in [0.15, 0.2) is 0 Å². The largest absolute Gasteiger partial charge is 0.507 e. The number of amides is 2. The van der Waals surface area contributed by atoms with Crippen molar-refractivity contribution in [3.63, 3.8) is 0 Å². The highest BCUT2D eigenvalue weighted by Gasteiger charge is 2.57. The lowest BCUT2D eigenvalue weighted by molar-refractivity contribution is -0.384. The standard InChI is InChI=1S/C39H37BN2O8/c1-2-24(19-25-16-17-34(43)31-14-7-6-13-30(25)31)15-18-35-36-26(23-49-29-11-4-3-5-12-29)20-32-37(33(36)22-40(46)50-35)39(45)41(38(32)44)27-9-8-10-28(21-27)42(47)48/h3-14,16-17,19,21,32-33,35,37,43,46H,2,15,18,20,22-23H2,1H3/b24-19+/t32-,33+,35-,37-/m1/s1. The number of hydrogen-bond donors (Lipinski definition) is 2. The molecule has 11 heteroatoms. The molecule has 2 fully saturated rings. The van der Waals surface area contributed by atoms with Gasteiger partial charge in [0.25, 0.3) is 5.69 Å². The van der Waals surface area contributed by atoms with Crippen molar-refractivity contribution in [2.45, 2.75) is 45.0 Å². The molecule has 0 saturated carbocycles. The van der Waals surface area contributed by atoms with Crippen molar-refractivity contribution in [3.05, 3.63) is 123 Å². The monoisotopic (exact) mass is 672 g/mol. The van der Waals surface area contributed by atoms with Gasteiger partial charge in [-0.3, -0.25) is 19.7 Å². The van der Waals surface area contributed by atoms with Crippen LogP contribution in [0.2, 0.25) is 6.32 Å². The van der Waals surface area contributed by atoms with Gasteiger partial charge in [-0.1, -0.05) is 73.2 Å². The summed E-state index contributed by atoms with van der Waals surface area (Å²) in [5.41, 5.74) is 3.85. The van der Waals surface area contributed by atoms with Crippen LogP contribution in [0.1, 0.15) is 38.2 Å². The Hall–Kier alpha value is -5.26. The summed E-state index contributed by atoms with van der Waals surface area (Å²) in [6, 6.07) is 26.2. The molecular weight excluding hydrogens is 635 g/mol. The van der Waals surface area contributed by atoms with Crippen molar-refractivity contribution in [2.24, 2.45) is 17.8 Å². The number of rotatable bonds is 10. The summed E-state index contributed by atoms with van der Waals surface area (Å²) in [5, 5.41) is 34.7. The number of para-hydroxylation sites is 1. The van der Waals surface area contributed by atoms with Crippen LogP contribution in [0.3, 0.4) is 0 Å². The average molecular weight is 673 g/mol. The number of imide groups is 1. The predicted octanol–water partition coefficient (Wildman–Crippen LogP) is 7.11. The van der Waals surface area contributed by atoms with Crippen LogP contribution in [0.15, 0.2) is 108 Å². The first kappa shape index (κ1) is 33.3. The van der Waals surface area contributed by atoms with Crippen molar-refractivity contribution in [1.29, 1.82) is 0 Å². The molecule has 4 aromatic carbocycles. The maximum absolute atomic E-state index is 14.2. The summed E-state index contributed by atoms with van der Waals surface area (Å²) in [7, 11) is -1.14. The van der Waals surface area contributed by atoms with Crippen molar-refractivity contribution >= 4 is 47.2 Å². The summed E-state index contributed by atoms with van der Waals surface area (Å²) in [6.45, 7) is 2.27. The van der Waals surface area contributed by atoms with Gasteiger partial charge in [-0.2, -0.15) is 0 Å². The Kier molecular flexibility index (Phi) is 9.26. The first-order valence-electron chi connectivity index (χ1n) is 17.0. The molecule has 7 rings (SSSR count). The number of phenols is 1. The maximum atomic E-state index is 14.2. The van der Waals surface area contributed by atoms with Crippen LogP contribution in [0.4, 0.5) is 11.4 Å². The van der Waals surface area contributed by atoms with E-state index >= 15 is 0 Å². The summed E-state index contributed by atoms with van der Waals surface area (Å²) in [4.78, 5) is 40.2. The molecule has 254 valence electrons. The zero-order valence-electron chi connectivity index (χ0n) is 27.6. The van der Waals surface area contributed by atoms with E-state index in [9.17, 15) is 29.8 Å². The number of nitrogens with zero attached hydrogens (tertiary/aromatic N) is 2. The van der Waals surface area contributed by atoms with Gasteiger partial charge in [0.1, 0.15) is 18.1 Å². The zero-order valence-corrected chi connectivity index (χ0v) is 27.6. The number of allylic oxidation sites excluding steroid dienone is 1. The molecular formula is C39H37BN2O8. The number of carbonyl (C=O) groups is 2. The number of phenolic OH excluding ortho intramolecular Hbond substituents is 1. The van der Waals surface area contributed by atoms with E-state index in [1.807, 2.05) is 60.7 Å². The fourth-order valence-electron chi connectivity index (χ4n) is 7.90. The van der Waals surface area contributed by atoms with Gasteiger partial charge in [-0.15, -0.1) is 0 Å². The first-order valence-corrected chi connectivity index (χ1v) is 17.0. The number of non-ortho nitro benzene ring substituents is 1.